The van der Waals surface area contributed by atoms with Gasteiger partial charge in [-0.3, -0.25) is 4.79 Å². The predicted molar refractivity (Wildman–Crippen MR) is 142 cm³/mol. The van der Waals surface area contributed by atoms with E-state index in [1.54, 1.807) is 12.1 Å². The van der Waals surface area contributed by atoms with Crippen LogP contribution >= 0.6 is 0 Å². The molecule has 1 aromatic heterocycles. The first-order valence-electron chi connectivity index (χ1n) is 12.2. The second kappa shape index (κ2) is 9.63. The lowest BCUT2D eigenvalue weighted by Gasteiger charge is -2.37. The Morgan fingerprint density at radius 1 is 1.06 bits per heavy atom. The van der Waals surface area contributed by atoms with Crippen LogP contribution in [0.5, 0.6) is 0 Å². The lowest BCUT2D eigenvalue weighted by atomic mass is 10.0. The van der Waals surface area contributed by atoms with Crippen LogP contribution in [0.2, 0.25) is 18.1 Å². The number of rotatable bonds is 7. The van der Waals surface area contributed by atoms with E-state index in [0.717, 1.165) is 34.1 Å². The van der Waals surface area contributed by atoms with Gasteiger partial charge in [-0.05, 0) is 41.9 Å². The maximum Gasteiger partial charge on any atom is 0.337 e. The summed E-state index contributed by atoms with van der Waals surface area (Å²) in [5, 5.41) is 1.14. The first kappa shape index (κ1) is 25.2. The van der Waals surface area contributed by atoms with Crippen LogP contribution in [0.1, 0.15) is 52.7 Å². The number of amides is 1. The summed E-state index contributed by atoms with van der Waals surface area (Å²) < 4.78 is 13.4. The van der Waals surface area contributed by atoms with E-state index in [0.29, 0.717) is 31.8 Å². The third-order valence-corrected chi connectivity index (χ3v) is 12.1. The van der Waals surface area contributed by atoms with Crippen molar-refractivity contribution in [1.29, 1.82) is 0 Å². The van der Waals surface area contributed by atoms with Crippen LogP contribution in [0.4, 0.5) is 0 Å². The fraction of sp³-hybridized carbons (Fsp3) is 0.429. The van der Waals surface area contributed by atoms with Crippen molar-refractivity contribution in [1.82, 2.24) is 9.47 Å². The normalized spacial score (nSPS) is 14.3. The van der Waals surface area contributed by atoms with Crippen LogP contribution in [0.3, 0.4) is 0 Å². The number of aromatic nitrogens is 1. The third kappa shape index (κ3) is 4.93. The minimum Gasteiger partial charge on any atom is -0.465 e. The summed E-state index contributed by atoms with van der Waals surface area (Å²) in [6, 6.07) is 15.6. The van der Waals surface area contributed by atoms with Gasteiger partial charge in [-0.1, -0.05) is 51.1 Å². The Kier molecular flexibility index (Phi) is 6.93. The first-order valence-corrected chi connectivity index (χ1v) is 15.1. The Bertz CT molecular complexity index is 1240. The Morgan fingerprint density at radius 3 is 2.40 bits per heavy atom. The van der Waals surface area contributed by atoms with Gasteiger partial charge in [0.25, 0.3) is 5.91 Å². The summed E-state index contributed by atoms with van der Waals surface area (Å²) in [5.41, 5.74) is 4.54. The molecule has 0 atom stereocenters. The monoisotopic (exact) mass is 492 g/mol. The second-order valence-electron chi connectivity index (χ2n) is 10.8. The first-order chi connectivity index (χ1) is 16.5. The molecule has 7 heteroatoms. The quantitative estimate of drug-likeness (QED) is 0.323. The van der Waals surface area contributed by atoms with Crippen molar-refractivity contribution in [3.63, 3.8) is 0 Å². The Balaban J connectivity index is 1.57. The van der Waals surface area contributed by atoms with Gasteiger partial charge in [0.1, 0.15) is 0 Å². The van der Waals surface area contributed by atoms with Crippen LogP contribution in [0, 0.1) is 0 Å². The molecule has 0 saturated heterocycles. The fourth-order valence-electron chi connectivity index (χ4n) is 4.42. The molecule has 6 nitrogen and oxygen atoms in total. The summed E-state index contributed by atoms with van der Waals surface area (Å²) in [5.74, 6) is -0.260. The molecule has 0 aliphatic carbocycles. The molecule has 0 saturated carbocycles. The van der Waals surface area contributed by atoms with Crippen molar-refractivity contribution < 1.29 is 18.8 Å². The highest BCUT2D eigenvalue weighted by Crippen LogP contribution is 2.37. The third-order valence-electron chi connectivity index (χ3n) is 7.54. The number of para-hydroxylation sites is 1. The van der Waals surface area contributed by atoms with Gasteiger partial charge in [0.15, 0.2) is 8.32 Å². The van der Waals surface area contributed by atoms with Crippen molar-refractivity contribution >= 4 is 31.1 Å². The minimum absolute atomic E-state index is 0.0843. The van der Waals surface area contributed by atoms with Gasteiger partial charge in [-0.2, -0.15) is 0 Å². The molecule has 0 fully saturated rings. The lowest BCUT2D eigenvalue weighted by Crippen LogP contribution is -2.45. The van der Waals surface area contributed by atoms with E-state index in [-0.39, 0.29) is 16.9 Å². The highest BCUT2D eigenvalue weighted by atomic mass is 28.4. The van der Waals surface area contributed by atoms with Gasteiger partial charge in [-0.15, -0.1) is 0 Å². The highest BCUT2D eigenvalue weighted by Gasteiger charge is 2.37. The number of fused-ring (bicyclic) bond motifs is 3. The van der Waals surface area contributed by atoms with Crippen LogP contribution in [-0.4, -0.2) is 56.5 Å². The zero-order valence-electron chi connectivity index (χ0n) is 21.7. The Morgan fingerprint density at radius 2 is 1.74 bits per heavy atom. The van der Waals surface area contributed by atoms with Crippen molar-refractivity contribution in [3.05, 3.63) is 70.9 Å². The van der Waals surface area contributed by atoms with E-state index in [4.69, 9.17) is 9.16 Å². The van der Waals surface area contributed by atoms with Gasteiger partial charge in [-0.25, -0.2) is 4.79 Å². The molecule has 1 aliphatic rings. The smallest absolute Gasteiger partial charge is 0.337 e. The van der Waals surface area contributed by atoms with E-state index in [1.165, 1.54) is 7.11 Å². The molecule has 1 amide bonds. The summed E-state index contributed by atoms with van der Waals surface area (Å²) in [6.45, 7) is 13.7. The Labute approximate surface area is 209 Å². The largest absolute Gasteiger partial charge is 0.465 e. The Hall–Kier alpha value is -2.90. The zero-order valence-corrected chi connectivity index (χ0v) is 22.7. The summed E-state index contributed by atoms with van der Waals surface area (Å²) in [7, 11) is -0.468. The number of hydrogen-bond acceptors (Lipinski definition) is 4. The van der Waals surface area contributed by atoms with E-state index in [1.807, 2.05) is 35.2 Å². The van der Waals surface area contributed by atoms with Gasteiger partial charge in [0.2, 0.25) is 0 Å². The molecule has 35 heavy (non-hydrogen) atoms. The number of ether oxygens (including phenoxy) is 1. The maximum absolute atomic E-state index is 13.6. The zero-order chi connectivity index (χ0) is 25.4. The van der Waals surface area contributed by atoms with Crippen molar-refractivity contribution in [2.24, 2.45) is 0 Å². The maximum atomic E-state index is 13.6. The number of esters is 1. The summed E-state index contributed by atoms with van der Waals surface area (Å²) in [4.78, 5) is 27.3. The molecular weight excluding hydrogens is 456 g/mol. The lowest BCUT2D eigenvalue weighted by molar-refractivity contribution is 0.0600. The SMILES string of the molecule is COC(=O)c1ccc(Cn2c3c(c4ccccc42)C(=O)N(CCO[Si](C)(C)C(C)(C)C)CC3)cc1. The van der Waals surface area contributed by atoms with Crippen LogP contribution < -0.4 is 0 Å². The summed E-state index contributed by atoms with van der Waals surface area (Å²) in [6.07, 6.45) is 0.802. The number of benzene rings is 2. The number of methoxy groups -OCH3 is 1. The van der Waals surface area contributed by atoms with Crippen molar-refractivity contribution in [3.8, 4) is 0 Å². The average Bonchev–Trinajstić information content (AvgIpc) is 3.14. The van der Waals surface area contributed by atoms with E-state index < -0.39 is 8.32 Å². The molecule has 4 rings (SSSR count). The second-order valence-corrected chi connectivity index (χ2v) is 15.6. The summed E-state index contributed by atoms with van der Waals surface area (Å²) >= 11 is 0. The molecule has 1 aliphatic heterocycles. The van der Waals surface area contributed by atoms with Crippen LogP contribution in [-0.2, 0) is 22.1 Å². The topological polar surface area (TPSA) is 60.8 Å². The molecule has 2 heterocycles. The van der Waals surface area contributed by atoms with Crippen LogP contribution in [0.25, 0.3) is 10.9 Å². The van der Waals surface area contributed by atoms with E-state index >= 15 is 0 Å². The highest BCUT2D eigenvalue weighted by molar-refractivity contribution is 6.74. The molecule has 0 radical (unpaired) electrons. The minimum atomic E-state index is -1.85. The number of carbonyl (C=O) groups excluding carboxylic acids is 2. The molecule has 3 aromatic rings. The standard InChI is InChI=1S/C28H36N2O4Si/c1-28(2,3)35(5,6)34-18-17-29-16-15-24-25(26(29)31)22-9-7-8-10-23(22)30(24)19-20-11-13-21(14-12-20)27(32)33-4/h7-14H,15-19H2,1-6H3. The molecular formula is C28H36N2O4Si. The molecule has 0 spiro atoms. The molecule has 0 bridgehead atoms. The van der Waals surface area contributed by atoms with Crippen LogP contribution in [0.15, 0.2) is 48.5 Å². The van der Waals surface area contributed by atoms with Gasteiger partial charge in [0.05, 0.1) is 24.8 Å². The van der Waals surface area contributed by atoms with E-state index in [9.17, 15) is 9.59 Å². The van der Waals surface area contributed by atoms with Gasteiger partial charge < -0.3 is 18.6 Å². The van der Waals surface area contributed by atoms with Crippen molar-refractivity contribution in [2.45, 2.75) is 51.9 Å². The predicted octanol–water partition coefficient (Wildman–Crippen LogP) is 5.50. The molecule has 186 valence electrons. The number of hydrogen-bond donors (Lipinski definition) is 0. The molecule has 2 aromatic carbocycles. The van der Waals surface area contributed by atoms with Gasteiger partial charge in [0, 0.05) is 42.7 Å². The fourth-order valence-corrected chi connectivity index (χ4v) is 5.46. The number of nitrogens with zero attached hydrogens (tertiary/aromatic N) is 2. The molecule has 0 N–H and O–H groups in total. The van der Waals surface area contributed by atoms with E-state index in [2.05, 4.69) is 44.5 Å². The van der Waals surface area contributed by atoms with Gasteiger partial charge >= 0.3 is 5.97 Å². The number of carbonyl (C=O) groups is 2. The van der Waals surface area contributed by atoms with Crippen molar-refractivity contribution in [2.75, 3.05) is 26.8 Å². The molecule has 0 unspecified atom stereocenters. The average molecular weight is 493 g/mol.